The molecule has 1 aliphatic rings. The SMILES string of the molecule is CCN1CCCC1CNS(=O)(=O)c1cc(CNC)oc1C. The first kappa shape index (κ1) is 16.5. The Labute approximate surface area is 126 Å². The highest BCUT2D eigenvalue weighted by Gasteiger charge is 2.26. The summed E-state index contributed by atoms with van der Waals surface area (Å²) in [4.78, 5) is 2.56. The van der Waals surface area contributed by atoms with Gasteiger partial charge >= 0.3 is 0 Å². The summed E-state index contributed by atoms with van der Waals surface area (Å²) in [6.07, 6.45) is 2.18. The summed E-state index contributed by atoms with van der Waals surface area (Å²) in [6.45, 7) is 6.78. The van der Waals surface area contributed by atoms with Gasteiger partial charge in [0.05, 0.1) is 6.54 Å². The molecule has 1 aliphatic heterocycles. The Morgan fingerprint density at radius 1 is 1.48 bits per heavy atom. The maximum Gasteiger partial charge on any atom is 0.244 e. The Morgan fingerprint density at radius 2 is 2.24 bits per heavy atom. The molecule has 2 rings (SSSR count). The fraction of sp³-hybridized carbons (Fsp3) is 0.714. The van der Waals surface area contributed by atoms with Gasteiger partial charge in [0.2, 0.25) is 10.0 Å². The third-order valence-corrected chi connectivity index (χ3v) is 5.51. The van der Waals surface area contributed by atoms with Crippen molar-refractivity contribution in [2.24, 2.45) is 0 Å². The third-order valence-electron chi connectivity index (χ3n) is 3.98. The average Bonchev–Trinajstić information content (AvgIpc) is 3.03. The van der Waals surface area contributed by atoms with Crippen LogP contribution in [0, 0.1) is 6.92 Å². The molecule has 6 nitrogen and oxygen atoms in total. The van der Waals surface area contributed by atoms with Gasteiger partial charge in [0.1, 0.15) is 16.4 Å². The minimum absolute atomic E-state index is 0.244. The van der Waals surface area contributed by atoms with Crippen molar-refractivity contribution in [1.29, 1.82) is 0 Å². The van der Waals surface area contributed by atoms with Crippen molar-refractivity contribution in [2.45, 2.75) is 44.2 Å². The monoisotopic (exact) mass is 315 g/mol. The topological polar surface area (TPSA) is 74.6 Å². The van der Waals surface area contributed by atoms with Crippen LogP contribution in [-0.4, -0.2) is 46.0 Å². The van der Waals surface area contributed by atoms with Crippen molar-refractivity contribution in [3.05, 3.63) is 17.6 Å². The van der Waals surface area contributed by atoms with E-state index in [4.69, 9.17) is 4.42 Å². The van der Waals surface area contributed by atoms with E-state index >= 15 is 0 Å². The van der Waals surface area contributed by atoms with Gasteiger partial charge in [-0.2, -0.15) is 0 Å². The molecule has 0 spiro atoms. The fourth-order valence-electron chi connectivity index (χ4n) is 2.88. The number of sulfonamides is 1. The molecule has 0 bridgehead atoms. The molecular formula is C14H25N3O3S. The summed E-state index contributed by atoms with van der Waals surface area (Å²) in [5, 5.41) is 2.95. The number of nitrogens with zero attached hydrogens (tertiary/aromatic N) is 1. The van der Waals surface area contributed by atoms with E-state index in [2.05, 4.69) is 21.9 Å². The molecule has 1 atom stereocenters. The Kier molecular flexibility index (Phi) is 5.43. The van der Waals surface area contributed by atoms with E-state index in [1.165, 1.54) is 0 Å². The summed E-state index contributed by atoms with van der Waals surface area (Å²) < 4.78 is 33.0. The van der Waals surface area contributed by atoms with E-state index < -0.39 is 10.0 Å². The quantitative estimate of drug-likeness (QED) is 0.787. The molecule has 7 heteroatoms. The van der Waals surface area contributed by atoms with Gasteiger partial charge in [-0.1, -0.05) is 6.92 Å². The molecule has 120 valence electrons. The molecule has 0 radical (unpaired) electrons. The molecule has 0 amide bonds. The van der Waals surface area contributed by atoms with Crippen LogP contribution in [0.3, 0.4) is 0 Å². The van der Waals surface area contributed by atoms with Gasteiger partial charge in [-0.3, -0.25) is 4.90 Å². The highest BCUT2D eigenvalue weighted by Crippen LogP contribution is 2.21. The van der Waals surface area contributed by atoms with Crippen molar-refractivity contribution in [1.82, 2.24) is 14.9 Å². The molecular weight excluding hydrogens is 290 g/mol. The summed E-state index contributed by atoms with van der Waals surface area (Å²) >= 11 is 0. The molecule has 0 saturated carbocycles. The summed E-state index contributed by atoms with van der Waals surface area (Å²) in [6, 6.07) is 1.90. The Bertz CT molecular complexity index is 568. The maximum atomic E-state index is 12.4. The number of rotatable bonds is 7. The first-order chi connectivity index (χ1) is 9.97. The van der Waals surface area contributed by atoms with E-state index in [1.54, 1.807) is 20.0 Å². The van der Waals surface area contributed by atoms with Crippen LogP contribution in [0.25, 0.3) is 0 Å². The van der Waals surface area contributed by atoms with E-state index in [1.807, 2.05) is 0 Å². The Morgan fingerprint density at radius 3 is 2.90 bits per heavy atom. The first-order valence-electron chi connectivity index (χ1n) is 7.45. The van der Waals surface area contributed by atoms with Gasteiger partial charge in [0, 0.05) is 18.7 Å². The molecule has 2 N–H and O–H groups in total. The van der Waals surface area contributed by atoms with E-state index in [0.29, 0.717) is 30.7 Å². The molecule has 1 aromatic rings. The zero-order chi connectivity index (χ0) is 15.5. The number of hydrogen-bond acceptors (Lipinski definition) is 5. The zero-order valence-electron chi connectivity index (χ0n) is 13.0. The summed E-state index contributed by atoms with van der Waals surface area (Å²) in [5.74, 6) is 1.07. The molecule has 21 heavy (non-hydrogen) atoms. The number of nitrogens with one attached hydrogen (secondary N) is 2. The lowest BCUT2D eigenvalue weighted by Crippen LogP contribution is -2.40. The fourth-order valence-corrected chi connectivity index (χ4v) is 4.15. The second-order valence-corrected chi connectivity index (χ2v) is 7.18. The van der Waals surface area contributed by atoms with Gasteiger partial charge in [0.25, 0.3) is 0 Å². The first-order valence-corrected chi connectivity index (χ1v) is 8.94. The lowest BCUT2D eigenvalue weighted by atomic mass is 10.2. The molecule has 1 unspecified atom stereocenters. The largest absolute Gasteiger partial charge is 0.464 e. The van der Waals surface area contributed by atoms with Gasteiger partial charge in [-0.25, -0.2) is 13.1 Å². The number of furan rings is 1. The van der Waals surface area contributed by atoms with Crippen molar-refractivity contribution in [2.75, 3.05) is 26.7 Å². The molecule has 1 aromatic heterocycles. The third kappa shape index (κ3) is 3.85. The van der Waals surface area contributed by atoms with Crippen molar-refractivity contribution in [3.63, 3.8) is 0 Å². The highest BCUT2D eigenvalue weighted by molar-refractivity contribution is 7.89. The van der Waals surface area contributed by atoms with E-state index in [0.717, 1.165) is 25.9 Å². The lowest BCUT2D eigenvalue weighted by molar-refractivity contribution is 0.268. The van der Waals surface area contributed by atoms with Gasteiger partial charge in [0.15, 0.2) is 0 Å². The van der Waals surface area contributed by atoms with Crippen LogP contribution >= 0.6 is 0 Å². The Hall–Kier alpha value is -0.890. The van der Waals surface area contributed by atoms with Crippen molar-refractivity contribution in [3.8, 4) is 0 Å². The smallest absolute Gasteiger partial charge is 0.244 e. The number of likely N-dealkylation sites (tertiary alicyclic amines) is 1. The van der Waals surface area contributed by atoms with Crippen LogP contribution in [-0.2, 0) is 16.6 Å². The predicted octanol–water partition coefficient (Wildman–Crippen LogP) is 1.07. The average molecular weight is 315 g/mol. The molecule has 1 saturated heterocycles. The molecule has 0 aliphatic carbocycles. The normalized spacial score (nSPS) is 20.2. The molecule has 2 heterocycles. The van der Waals surface area contributed by atoms with Crippen LogP contribution < -0.4 is 10.0 Å². The van der Waals surface area contributed by atoms with Crippen LogP contribution in [0.2, 0.25) is 0 Å². The second kappa shape index (κ2) is 6.91. The number of hydrogen-bond donors (Lipinski definition) is 2. The minimum Gasteiger partial charge on any atom is -0.464 e. The number of likely N-dealkylation sites (N-methyl/N-ethyl adjacent to an activating group) is 1. The van der Waals surface area contributed by atoms with Crippen LogP contribution in [0.4, 0.5) is 0 Å². The summed E-state index contributed by atoms with van der Waals surface area (Å²) in [7, 11) is -1.71. The van der Waals surface area contributed by atoms with Gasteiger partial charge in [-0.15, -0.1) is 0 Å². The van der Waals surface area contributed by atoms with Crippen molar-refractivity contribution < 1.29 is 12.8 Å². The van der Waals surface area contributed by atoms with Crippen LogP contribution in [0.15, 0.2) is 15.4 Å². The van der Waals surface area contributed by atoms with Gasteiger partial charge in [-0.05, 0) is 39.9 Å². The van der Waals surface area contributed by atoms with Crippen molar-refractivity contribution >= 4 is 10.0 Å². The molecule has 1 fully saturated rings. The van der Waals surface area contributed by atoms with Gasteiger partial charge < -0.3 is 9.73 Å². The summed E-state index contributed by atoms with van der Waals surface area (Å²) in [5.41, 5.74) is 0. The predicted molar refractivity (Wildman–Crippen MR) is 81.7 cm³/mol. The standard InChI is InChI=1S/C14H25N3O3S/c1-4-17-7-5-6-12(17)9-16-21(18,19)14-8-13(10-15-3)20-11(14)2/h8,12,15-16H,4-7,9-10H2,1-3H3. The van der Waals surface area contributed by atoms with Crippen LogP contribution in [0.5, 0.6) is 0 Å². The van der Waals surface area contributed by atoms with Crippen LogP contribution in [0.1, 0.15) is 31.3 Å². The van der Waals surface area contributed by atoms with E-state index in [-0.39, 0.29) is 4.90 Å². The Balaban J connectivity index is 2.04. The minimum atomic E-state index is -3.51. The zero-order valence-corrected chi connectivity index (χ0v) is 13.8. The molecule has 0 aromatic carbocycles. The van der Waals surface area contributed by atoms with E-state index in [9.17, 15) is 8.42 Å². The number of aryl methyl sites for hydroxylation is 1. The lowest BCUT2D eigenvalue weighted by Gasteiger charge is -2.22. The second-order valence-electron chi connectivity index (χ2n) is 5.44. The highest BCUT2D eigenvalue weighted by atomic mass is 32.2. The maximum absolute atomic E-state index is 12.4.